The topological polar surface area (TPSA) is 75.6 Å². The zero-order valence-corrected chi connectivity index (χ0v) is 11.9. The van der Waals surface area contributed by atoms with Crippen molar-refractivity contribution in [3.63, 3.8) is 0 Å². The van der Waals surface area contributed by atoms with Gasteiger partial charge in [-0.3, -0.25) is 15.3 Å². The van der Waals surface area contributed by atoms with Crippen LogP contribution in [0.25, 0.3) is 21.9 Å². The summed E-state index contributed by atoms with van der Waals surface area (Å²) in [6.07, 6.45) is 1.59. The molecule has 22 heavy (non-hydrogen) atoms. The van der Waals surface area contributed by atoms with Gasteiger partial charge >= 0.3 is 0 Å². The van der Waals surface area contributed by atoms with Crippen molar-refractivity contribution in [3.8, 4) is 0 Å². The molecule has 0 saturated heterocycles. The highest BCUT2D eigenvalue weighted by molar-refractivity contribution is 6.08. The summed E-state index contributed by atoms with van der Waals surface area (Å²) < 4.78 is 1.61. The van der Waals surface area contributed by atoms with Gasteiger partial charge in [0.15, 0.2) is 5.69 Å². The molecule has 0 fully saturated rings. The number of fused-ring (bicyclic) bond motifs is 2. The Bertz CT molecular complexity index is 998. The molecule has 4 rings (SSSR count). The minimum Gasteiger partial charge on any atom is -0.277 e. The molecule has 6 heteroatoms. The van der Waals surface area contributed by atoms with E-state index in [2.05, 4.69) is 20.6 Å². The number of nitrogens with zero attached hydrogens (tertiary/aromatic N) is 3. The van der Waals surface area contributed by atoms with E-state index in [-0.39, 0.29) is 5.91 Å². The Hall–Kier alpha value is -3.15. The van der Waals surface area contributed by atoms with Crippen molar-refractivity contribution in [2.45, 2.75) is 6.92 Å². The summed E-state index contributed by atoms with van der Waals surface area (Å²) in [4.78, 5) is 16.7. The van der Waals surface area contributed by atoms with Gasteiger partial charge in [-0.2, -0.15) is 5.10 Å². The quantitative estimate of drug-likeness (QED) is 0.596. The fourth-order valence-electron chi connectivity index (χ4n) is 2.51. The Morgan fingerprint density at radius 1 is 1.23 bits per heavy atom. The third kappa shape index (κ3) is 1.93. The third-order valence-corrected chi connectivity index (χ3v) is 3.61. The van der Waals surface area contributed by atoms with E-state index in [1.165, 1.54) is 0 Å². The molecule has 1 amide bonds. The normalized spacial score (nSPS) is 11.1. The van der Waals surface area contributed by atoms with Crippen LogP contribution in [0.2, 0.25) is 0 Å². The monoisotopic (exact) mass is 291 g/mol. The van der Waals surface area contributed by atoms with Crippen molar-refractivity contribution in [3.05, 3.63) is 60.0 Å². The van der Waals surface area contributed by atoms with Crippen LogP contribution in [0.3, 0.4) is 0 Å². The van der Waals surface area contributed by atoms with E-state index in [9.17, 15) is 4.79 Å². The summed E-state index contributed by atoms with van der Waals surface area (Å²) in [5.74, 6) is -0.278. The molecule has 0 radical (unpaired) electrons. The van der Waals surface area contributed by atoms with Gasteiger partial charge in [-0.05, 0) is 31.2 Å². The summed E-state index contributed by atoms with van der Waals surface area (Å²) in [6.45, 7) is 1.98. The number of imidazole rings is 1. The number of hydrogen-bond acceptors (Lipinski definition) is 3. The first kappa shape index (κ1) is 12.6. The largest absolute Gasteiger partial charge is 0.291 e. The molecule has 4 aromatic rings. The number of hydrogen-bond donors (Lipinski definition) is 2. The second-order valence-corrected chi connectivity index (χ2v) is 5.17. The highest BCUT2D eigenvalue weighted by atomic mass is 16.2. The molecule has 108 valence electrons. The maximum absolute atomic E-state index is 12.5. The van der Waals surface area contributed by atoms with Crippen molar-refractivity contribution in [2.24, 2.45) is 0 Å². The minimum atomic E-state index is -0.278. The number of aromatic amines is 1. The van der Waals surface area contributed by atoms with Gasteiger partial charge in [0.05, 0.1) is 16.6 Å². The summed E-state index contributed by atoms with van der Waals surface area (Å²) in [5, 5.41) is 7.81. The molecular weight excluding hydrogens is 278 g/mol. The summed E-state index contributed by atoms with van der Waals surface area (Å²) in [6, 6.07) is 13.4. The third-order valence-electron chi connectivity index (χ3n) is 3.61. The number of benzene rings is 2. The number of aryl methyl sites for hydroxylation is 1. The van der Waals surface area contributed by atoms with Gasteiger partial charge in [-0.15, -0.1) is 0 Å². The molecule has 2 heterocycles. The number of aromatic nitrogens is 4. The van der Waals surface area contributed by atoms with Crippen LogP contribution in [-0.4, -0.2) is 25.8 Å². The standard InChI is InChI=1S/C16H13N5O/c1-10-6-7-12-11(8-10)15(19-18-12)16(22)20-21-9-17-13-4-2-3-5-14(13)21/h2-9H,1H3,(H,18,19)(H,20,22). The number of nitrogens with one attached hydrogen (secondary N) is 2. The van der Waals surface area contributed by atoms with E-state index in [0.717, 1.165) is 27.5 Å². The van der Waals surface area contributed by atoms with Gasteiger partial charge in [-0.1, -0.05) is 23.8 Å². The molecule has 6 nitrogen and oxygen atoms in total. The average Bonchev–Trinajstić information content (AvgIpc) is 3.11. The summed E-state index contributed by atoms with van der Waals surface area (Å²) in [5.41, 5.74) is 6.77. The van der Waals surface area contributed by atoms with E-state index in [4.69, 9.17) is 0 Å². The lowest BCUT2D eigenvalue weighted by Crippen LogP contribution is -2.22. The summed E-state index contributed by atoms with van der Waals surface area (Å²) in [7, 11) is 0. The first-order chi connectivity index (χ1) is 10.7. The van der Waals surface area contributed by atoms with Crippen LogP contribution in [0.15, 0.2) is 48.8 Å². The lowest BCUT2D eigenvalue weighted by Gasteiger charge is -2.05. The van der Waals surface area contributed by atoms with Gasteiger partial charge in [-0.25, -0.2) is 9.66 Å². The molecule has 0 unspecified atom stereocenters. The van der Waals surface area contributed by atoms with Crippen LogP contribution in [0, 0.1) is 6.92 Å². The molecule has 0 saturated carbocycles. The fraction of sp³-hybridized carbons (Fsp3) is 0.0625. The zero-order valence-electron chi connectivity index (χ0n) is 11.9. The molecule has 0 atom stereocenters. The van der Waals surface area contributed by atoms with Crippen molar-refractivity contribution < 1.29 is 4.79 Å². The Morgan fingerprint density at radius 3 is 3.00 bits per heavy atom. The van der Waals surface area contributed by atoms with Crippen molar-refractivity contribution in [2.75, 3.05) is 5.43 Å². The maximum atomic E-state index is 12.5. The maximum Gasteiger partial charge on any atom is 0.291 e. The SMILES string of the molecule is Cc1ccc2[nH]nc(C(=O)Nn3cnc4ccccc43)c2c1. The number of para-hydroxylation sites is 2. The zero-order chi connectivity index (χ0) is 15.1. The van der Waals surface area contributed by atoms with Gasteiger partial charge < -0.3 is 0 Å². The van der Waals surface area contributed by atoms with Gasteiger partial charge in [0.2, 0.25) is 0 Å². The Labute approximate surface area is 125 Å². The molecule has 0 aliphatic rings. The molecular formula is C16H13N5O. The predicted octanol–water partition coefficient (Wildman–Crippen LogP) is 2.60. The molecule has 2 aromatic heterocycles. The fourth-order valence-corrected chi connectivity index (χ4v) is 2.51. The van der Waals surface area contributed by atoms with Gasteiger partial charge in [0, 0.05) is 5.39 Å². The van der Waals surface area contributed by atoms with Gasteiger partial charge in [0.1, 0.15) is 6.33 Å². The van der Waals surface area contributed by atoms with E-state index < -0.39 is 0 Å². The van der Waals surface area contributed by atoms with Crippen molar-refractivity contribution in [1.82, 2.24) is 19.9 Å². The van der Waals surface area contributed by atoms with Gasteiger partial charge in [0.25, 0.3) is 5.91 Å². The Balaban J connectivity index is 1.73. The van der Waals surface area contributed by atoms with Crippen LogP contribution < -0.4 is 5.43 Å². The highest BCUT2D eigenvalue weighted by Crippen LogP contribution is 2.18. The molecule has 0 spiro atoms. The van der Waals surface area contributed by atoms with Crippen LogP contribution in [0.4, 0.5) is 0 Å². The van der Waals surface area contributed by atoms with Crippen LogP contribution >= 0.6 is 0 Å². The number of H-pyrrole nitrogens is 1. The lowest BCUT2D eigenvalue weighted by molar-refractivity contribution is 0.100. The smallest absolute Gasteiger partial charge is 0.277 e. The second kappa shape index (κ2) is 4.70. The van der Waals surface area contributed by atoms with E-state index in [1.54, 1.807) is 11.0 Å². The highest BCUT2D eigenvalue weighted by Gasteiger charge is 2.15. The van der Waals surface area contributed by atoms with Crippen molar-refractivity contribution >= 4 is 27.8 Å². The number of amides is 1. The minimum absolute atomic E-state index is 0.278. The number of carbonyl (C=O) groups is 1. The van der Waals surface area contributed by atoms with E-state index in [0.29, 0.717) is 5.69 Å². The van der Waals surface area contributed by atoms with E-state index in [1.807, 2.05) is 49.4 Å². The first-order valence-corrected chi connectivity index (χ1v) is 6.90. The second-order valence-electron chi connectivity index (χ2n) is 5.17. The molecule has 2 N–H and O–H groups in total. The average molecular weight is 291 g/mol. The lowest BCUT2D eigenvalue weighted by atomic mass is 10.1. The summed E-state index contributed by atoms with van der Waals surface area (Å²) >= 11 is 0. The first-order valence-electron chi connectivity index (χ1n) is 6.90. The van der Waals surface area contributed by atoms with Crippen molar-refractivity contribution in [1.29, 1.82) is 0 Å². The molecule has 2 aromatic carbocycles. The van der Waals surface area contributed by atoms with Crippen LogP contribution in [0.1, 0.15) is 16.1 Å². The Kier molecular flexibility index (Phi) is 2.69. The molecule has 0 aliphatic heterocycles. The molecule has 0 bridgehead atoms. The van der Waals surface area contributed by atoms with Crippen LogP contribution in [0.5, 0.6) is 0 Å². The molecule has 0 aliphatic carbocycles. The van der Waals surface area contributed by atoms with E-state index >= 15 is 0 Å². The number of rotatable bonds is 2. The van der Waals surface area contributed by atoms with Crippen LogP contribution in [-0.2, 0) is 0 Å². The number of carbonyl (C=O) groups excluding carboxylic acids is 1. The Morgan fingerprint density at radius 2 is 2.09 bits per heavy atom. The predicted molar refractivity (Wildman–Crippen MR) is 84.3 cm³/mol.